The average molecular weight is 374 g/mol. The predicted molar refractivity (Wildman–Crippen MR) is 99.9 cm³/mol. The maximum absolute atomic E-state index is 12.7. The second-order valence-electron chi connectivity index (χ2n) is 6.34. The third-order valence-electron chi connectivity index (χ3n) is 4.45. The molecule has 1 saturated heterocycles. The van der Waals surface area contributed by atoms with Crippen LogP contribution in [0.5, 0.6) is 0 Å². The van der Waals surface area contributed by atoms with Gasteiger partial charge in [-0.15, -0.1) is 0 Å². The molecule has 0 bridgehead atoms. The zero-order valence-corrected chi connectivity index (χ0v) is 15.7. The number of hydrogen-bond donors (Lipinski definition) is 1. The normalized spacial score (nSPS) is 14.9. The van der Waals surface area contributed by atoms with E-state index in [9.17, 15) is 13.2 Å². The van der Waals surface area contributed by atoms with Gasteiger partial charge in [-0.1, -0.05) is 12.1 Å². The van der Waals surface area contributed by atoms with Crippen molar-refractivity contribution in [1.29, 1.82) is 0 Å². The monoisotopic (exact) mass is 374 g/mol. The van der Waals surface area contributed by atoms with Crippen molar-refractivity contribution >= 4 is 21.6 Å². The van der Waals surface area contributed by atoms with Gasteiger partial charge in [-0.05, 0) is 55.3 Å². The summed E-state index contributed by atoms with van der Waals surface area (Å²) in [5.74, 6) is -0.184. The number of aryl methyl sites for hydroxylation is 2. The van der Waals surface area contributed by atoms with Gasteiger partial charge >= 0.3 is 0 Å². The van der Waals surface area contributed by atoms with Gasteiger partial charge in [0.2, 0.25) is 0 Å². The highest BCUT2D eigenvalue weighted by atomic mass is 32.2. The van der Waals surface area contributed by atoms with E-state index in [0.717, 1.165) is 11.1 Å². The number of carbonyl (C=O) groups is 1. The fourth-order valence-electron chi connectivity index (χ4n) is 2.76. The van der Waals surface area contributed by atoms with Crippen LogP contribution in [0.15, 0.2) is 47.4 Å². The molecule has 0 unspecified atom stereocenters. The Morgan fingerprint density at radius 2 is 1.77 bits per heavy atom. The molecule has 1 amide bonds. The Kier molecular flexibility index (Phi) is 5.29. The van der Waals surface area contributed by atoms with Crippen LogP contribution in [0.2, 0.25) is 0 Å². The SMILES string of the molecule is Cc1ccc(NS(=O)(=O)c2cccc(C(=O)N3CCOCC3)c2)cc1C. The van der Waals surface area contributed by atoms with Gasteiger partial charge in [-0.25, -0.2) is 8.42 Å². The van der Waals surface area contributed by atoms with E-state index in [1.807, 2.05) is 19.9 Å². The third kappa shape index (κ3) is 4.05. The molecule has 0 saturated carbocycles. The summed E-state index contributed by atoms with van der Waals surface area (Å²) < 4.78 is 33.2. The Labute approximate surface area is 153 Å². The molecular formula is C19H22N2O4S. The lowest BCUT2D eigenvalue weighted by Gasteiger charge is -2.27. The van der Waals surface area contributed by atoms with Gasteiger partial charge in [-0.2, -0.15) is 0 Å². The molecule has 0 radical (unpaired) electrons. The van der Waals surface area contributed by atoms with E-state index in [4.69, 9.17) is 4.74 Å². The topological polar surface area (TPSA) is 75.7 Å². The third-order valence-corrected chi connectivity index (χ3v) is 5.83. The van der Waals surface area contributed by atoms with Crippen molar-refractivity contribution in [2.24, 2.45) is 0 Å². The molecule has 26 heavy (non-hydrogen) atoms. The van der Waals surface area contributed by atoms with Crippen molar-refractivity contribution in [1.82, 2.24) is 4.90 Å². The number of nitrogens with zero attached hydrogens (tertiary/aromatic N) is 1. The number of sulfonamides is 1. The number of hydrogen-bond acceptors (Lipinski definition) is 4. The zero-order valence-electron chi connectivity index (χ0n) is 14.9. The van der Waals surface area contributed by atoms with Crippen molar-refractivity contribution in [3.05, 3.63) is 59.2 Å². The van der Waals surface area contributed by atoms with E-state index in [-0.39, 0.29) is 10.8 Å². The number of amides is 1. The Hall–Kier alpha value is -2.38. The van der Waals surface area contributed by atoms with E-state index in [0.29, 0.717) is 37.6 Å². The van der Waals surface area contributed by atoms with E-state index in [1.165, 1.54) is 12.1 Å². The highest BCUT2D eigenvalue weighted by molar-refractivity contribution is 7.92. The number of nitrogens with one attached hydrogen (secondary N) is 1. The minimum Gasteiger partial charge on any atom is -0.378 e. The Morgan fingerprint density at radius 1 is 1.04 bits per heavy atom. The van der Waals surface area contributed by atoms with Crippen LogP contribution >= 0.6 is 0 Å². The molecule has 7 heteroatoms. The van der Waals surface area contributed by atoms with E-state index in [2.05, 4.69) is 4.72 Å². The number of morpholine rings is 1. The molecular weight excluding hydrogens is 352 g/mol. The van der Waals surface area contributed by atoms with Gasteiger partial charge in [0.25, 0.3) is 15.9 Å². The summed E-state index contributed by atoms with van der Waals surface area (Å²) in [6.07, 6.45) is 0. The van der Waals surface area contributed by atoms with E-state index in [1.54, 1.807) is 29.2 Å². The molecule has 1 N–H and O–H groups in total. The maximum Gasteiger partial charge on any atom is 0.261 e. The number of benzene rings is 2. The van der Waals surface area contributed by atoms with Crippen LogP contribution in [0.4, 0.5) is 5.69 Å². The lowest BCUT2D eigenvalue weighted by molar-refractivity contribution is 0.0302. The standard InChI is InChI=1S/C19H22N2O4S/c1-14-6-7-17(12-15(14)2)20-26(23,24)18-5-3-4-16(13-18)19(22)21-8-10-25-11-9-21/h3-7,12-13,20H,8-11H2,1-2H3. The molecule has 2 aromatic carbocycles. The van der Waals surface area contributed by atoms with Gasteiger partial charge in [0.05, 0.1) is 18.1 Å². The first-order valence-corrected chi connectivity index (χ1v) is 9.92. The summed E-state index contributed by atoms with van der Waals surface area (Å²) in [6.45, 7) is 5.91. The van der Waals surface area contributed by atoms with Crippen molar-refractivity contribution in [2.75, 3.05) is 31.0 Å². The number of ether oxygens (including phenoxy) is 1. The molecule has 138 valence electrons. The van der Waals surface area contributed by atoms with Crippen LogP contribution in [0.25, 0.3) is 0 Å². The zero-order chi connectivity index (χ0) is 18.7. The first-order valence-electron chi connectivity index (χ1n) is 8.44. The second kappa shape index (κ2) is 7.47. The van der Waals surface area contributed by atoms with E-state index >= 15 is 0 Å². The first-order chi connectivity index (χ1) is 12.4. The summed E-state index contributed by atoms with van der Waals surface area (Å²) in [6, 6.07) is 11.5. The van der Waals surface area contributed by atoms with Crippen LogP contribution in [0, 0.1) is 13.8 Å². The van der Waals surface area contributed by atoms with Crippen LogP contribution in [-0.4, -0.2) is 45.5 Å². The van der Waals surface area contributed by atoms with E-state index < -0.39 is 10.0 Å². The molecule has 1 fully saturated rings. The molecule has 1 aliphatic heterocycles. The van der Waals surface area contributed by atoms with Gasteiger partial charge in [0, 0.05) is 24.3 Å². The minimum atomic E-state index is -3.78. The van der Waals surface area contributed by atoms with Gasteiger partial charge in [-0.3, -0.25) is 9.52 Å². The maximum atomic E-state index is 12.7. The highest BCUT2D eigenvalue weighted by Crippen LogP contribution is 2.20. The van der Waals surface area contributed by atoms with Gasteiger partial charge in [0.1, 0.15) is 0 Å². The molecule has 0 aliphatic carbocycles. The Bertz CT molecular complexity index is 919. The summed E-state index contributed by atoms with van der Waals surface area (Å²) in [5, 5.41) is 0. The van der Waals surface area contributed by atoms with Gasteiger partial charge in [0.15, 0.2) is 0 Å². The van der Waals surface area contributed by atoms with Crippen molar-refractivity contribution in [2.45, 2.75) is 18.7 Å². The molecule has 1 aliphatic rings. The van der Waals surface area contributed by atoms with Crippen LogP contribution in [-0.2, 0) is 14.8 Å². The average Bonchev–Trinajstić information content (AvgIpc) is 2.65. The summed E-state index contributed by atoms with van der Waals surface area (Å²) >= 11 is 0. The van der Waals surface area contributed by atoms with Crippen LogP contribution in [0.1, 0.15) is 21.5 Å². The van der Waals surface area contributed by atoms with Crippen molar-refractivity contribution in [3.8, 4) is 0 Å². The lowest BCUT2D eigenvalue weighted by atomic mass is 10.1. The number of rotatable bonds is 4. The summed E-state index contributed by atoms with van der Waals surface area (Å²) in [7, 11) is -3.78. The van der Waals surface area contributed by atoms with Crippen molar-refractivity contribution in [3.63, 3.8) is 0 Å². The summed E-state index contributed by atoms with van der Waals surface area (Å²) in [4.78, 5) is 14.3. The fourth-order valence-corrected chi connectivity index (χ4v) is 3.86. The Balaban J connectivity index is 1.83. The second-order valence-corrected chi connectivity index (χ2v) is 8.02. The van der Waals surface area contributed by atoms with Crippen molar-refractivity contribution < 1.29 is 17.9 Å². The fraction of sp³-hybridized carbons (Fsp3) is 0.316. The molecule has 1 heterocycles. The smallest absolute Gasteiger partial charge is 0.261 e. The molecule has 3 rings (SSSR count). The largest absolute Gasteiger partial charge is 0.378 e. The molecule has 0 aromatic heterocycles. The Morgan fingerprint density at radius 3 is 2.46 bits per heavy atom. The quantitative estimate of drug-likeness (QED) is 0.892. The molecule has 0 spiro atoms. The highest BCUT2D eigenvalue weighted by Gasteiger charge is 2.21. The van der Waals surface area contributed by atoms with Crippen LogP contribution < -0.4 is 4.72 Å². The summed E-state index contributed by atoms with van der Waals surface area (Å²) in [5.41, 5.74) is 2.94. The van der Waals surface area contributed by atoms with Gasteiger partial charge < -0.3 is 9.64 Å². The minimum absolute atomic E-state index is 0.0647. The molecule has 0 atom stereocenters. The molecule has 2 aromatic rings. The first kappa shape index (κ1) is 18.4. The molecule has 6 nitrogen and oxygen atoms in total. The van der Waals surface area contributed by atoms with Crippen LogP contribution in [0.3, 0.4) is 0 Å². The number of carbonyl (C=O) groups excluding carboxylic acids is 1. The number of anilines is 1. The lowest BCUT2D eigenvalue weighted by Crippen LogP contribution is -2.40. The predicted octanol–water partition coefficient (Wildman–Crippen LogP) is 2.58.